The predicted octanol–water partition coefficient (Wildman–Crippen LogP) is 2.01. The minimum absolute atomic E-state index is 0.201. The van der Waals surface area contributed by atoms with E-state index < -0.39 is 10.0 Å². The second-order valence-corrected chi connectivity index (χ2v) is 7.98. The van der Waals surface area contributed by atoms with Gasteiger partial charge in [0.25, 0.3) is 0 Å². The van der Waals surface area contributed by atoms with Crippen LogP contribution >= 0.6 is 11.3 Å². The molecule has 1 aromatic heterocycles. The Hall–Kier alpha value is -1.28. The van der Waals surface area contributed by atoms with E-state index in [-0.39, 0.29) is 11.4 Å². The number of aromatic nitrogens is 1. The van der Waals surface area contributed by atoms with Crippen LogP contribution in [0.1, 0.15) is 26.6 Å². The van der Waals surface area contributed by atoms with Crippen molar-refractivity contribution >= 4 is 21.4 Å². The van der Waals surface area contributed by atoms with E-state index in [1.165, 1.54) is 11.3 Å². The van der Waals surface area contributed by atoms with E-state index in [1.54, 1.807) is 19.2 Å². The molecule has 0 bridgehead atoms. The zero-order valence-electron chi connectivity index (χ0n) is 12.3. The first-order valence-electron chi connectivity index (χ1n) is 6.54. The summed E-state index contributed by atoms with van der Waals surface area (Å²) in [6, 6.07) is 3.55. The Morgan fingerprint density at radius 2 is 2.00 bits per heavy atom. The molecule has 0 saturated carbocycles. The van der Waals surface area contributed by atoms with Crippen molar-refractivity contribution in [3.63, 3.8) is 0 Å². The summed E-state index contributed by atoms with van der Waals surface area (Å²) >= 11 is 1.48. The molecule has 1 heterocycles. The molecule has 1 aromatic carbocycles. The van der Waals surface area contributed by atoms with E-state index >= 15 is 0 Å². The van der Waals surface area contributed by atoms with Gasteiger partial charge < -0.3 is 5.73 Å². The summed E-state index contributed by atoms with van der Waals surface area (Å²) < 4.78 is 27.6. The van der Waals surface area contributed by atoms with E-state index in [0.717, 1.165) is 26.6 Å². The van der Waals surface area contributed by atoms with Gasteiger partial charge in [0.2, 0.25) is 10.0 Å². The van der Waals surface area contributed by atoms with Crippen LogP contribution in [0.15, 0.2) is 23.2 Å². The number of hydrogen-bond donors (Lipinski definition) is 2. The van der Waals surface area contributed by atoms with Gasteiger partial charge in [0.1, 0.15) is 5.01 Å². The van der Waals surface area contributed by atoms with Gasteiger partial charge in [0.15, 0.2) is 0 Å². The molecule has 0 radical (unpaired) electrons. The summed E-state index contributed by atoms with van der Waals surface area (Å²) in [6.07, 6.45) is 1.73. The molecule has 0 spiro atoms. The minimum atomic E-state index is -3.57. The van der Waals surface area contributed by atoms with Crippen LogP contribution in [0.25, 0.3) is 0 Å². The van der Waals surface area contributed by atoms with Gasteiger partial charge in [0, 0.05) is 17.6 Å². The van der Waals surface area contributed by atoms with Crippen molar-refractivity contribution in [2.75, 3.05) is 0 Å². The number of sulfonamides is 1. The summed E-state index contributed by atoms with van der Waals surface area (Å²) in [7, 11) is -3.57. The van der Waals surface area contributed by atoms with Crippen LogP contribution in [0.2, 0.25) is 0 Å². The van der Waals surface area contributed by atoms with Crippen LogP contribution in [0.3, 0.4) is 0 Å². The number of nitrogens with two attached hydrogens (primary N) is 1. The van der Waals surface area contributed by atoms with E-state index in [0.29, 0.717) is 6.54 Å². The number of nitrogens with zero attached hydrogens (tertiary/aromatic N) is 1. The Bertz CT molecular complexity index is 752. The minimum Gasteiger partial charge on any atom is -0.326 e. The third-order valence-electron chi connectivity index (χ3n) is 3.29. The quantitative estimate of drug-likeness (QED) is 0.880. The molecule has 0 saturated heterocycles. The number of rotatable bonds is 5. The molecular formula is C14H19N3O2S2. The lowest BCUT2D eigenvalue weighted by Crippen LogP contribution is -2.24. The summed E-state index contributed by atoms with van der Waals surface area (Å²) in [6.45, 7) is 6.14. The summed E-state index contributed by atoms with van der Waals surface area (Å²) in [5.74, 6) is 0. The smallest absolute Gasteiger partial charge is 0.241 e. The largest absolute Gasteiger partial charge is 0.326 e. The summed E-state index contributed by atoms with van der Waals surface area (Å²) in [5.41, 5.74) is 8.10. The van der Waals surface area contributed by atoms with Crippen molar-refractivity contribution in [2.24, 2.45) is 5.73 Å². The molecule has 2 rings (SSSR count). The molecule has 0 amide bonds. The van der Waals surface area contributed by atoms with Crippen LogP contribution in [0, 0.1) is 20.8 Å². The maximum Gasteiger partial charge on any atom is 0.241 e. The molecule has 0 aliphatic heterocycles. The Kier molecular flexibility index (Phi) is 4.77. The highest BCUT2D eigenvalue weighted by molar-refractivity contribution is 7.89. The Labute approximate surface area is 129 Å². The van der Waals surface area contributed by atoms with Crippen molar-refractivity contribution in [1.29, 1.82) is 0 Å². The molecule has 5 nitrogen and oxygen atoms in total. The van der Waals surface area contributed by atoms with Crippen LogP contribution in [0.5, 0.6) is 0 Å². The lowest BCUT2D eigenvalue weighted by atomic mass is 10.1. The average Bonchev–Trinajstić information content (AvgIpc) is 2.85. The predicted molar refractivity (Wildman–Crippen MR) is 84.7 cm³/mol. The van der Waals surface area contributed by atoms with E-state index in [4.69, 9.17) is 5.73 Å². The van der Waals surface area contributed by atoms with Crippen LogP contribution in [-0.2, 0) is 23.1 Å². The second-order valence-electron chi connectivity index (χ2n) is 4.93. The van der Waals surface area contributed by atoms with Gasteiger partial charge in [-0.3, -0.25) is 0 Å². The maximum atomic E-state index is 12.5. The summed E-state index contributed by atoms with van der Waals surface area (Å²) in [4.78, 5) is 5.50. The number of aryl methyl sites for hydroxylation is 2. The molecular weight excluding hydrogens is 306 g/mol. The lowest BCUT2D eigenvalue weighted by molar-refractivity contribution is 0.580. The van der Waals surface area contributed by atoms with Crippen LogP contribution in [-0.4, -0.2) is 13.4 Å². The fraction of sp³-hybridized carbons (Fsp3) is 0.357. The molecule has 0 aliphatic carbocycles. The maximum absolute atomic E-state index is 12.5. The normalized spacial score (nSPS) is 11.8. The van der Waals surface area contributed by atoms with Gasteiger partial charge in [-0.05, 0) is 43.5 Å². The van der Waals surface area contributed by atoms with Crippen molar-refractivity contribution in [2.45, 2.75) is 38.8 Å². The molecule has 114 valence electrons. The molecule has 0 unspecified atom stereocenters. The molecule has 0 fully saturated rings. The standard InChI is InChI=1S/C14H19N3O2S2/c1-9-4-12(6-15)5-13(11(9)3)21(18,19)17-8-14-16-7-10(2)20-14/h4-5,7,17H,6,8,15H2,1-3H3. The second kappa shape index (κ2) is 6.23. The monoisotopic (exact) mass is 325 g/mol. The topological polar surface area (TPSA) is 85.1 Å². The highest BCUT2D eigenvalue weighted by Gasteiger charge is 2.19. The molecule has 0 atom stereocenters. The molecule has 0 aliphatic rings. The SMILES string of the molecule is Cc1cnc(CNS(=O)(=O)c2cc(CN)cc(C)c2C)s1. The fourth-order valence-electron chi connectivity index (χ4n) is 2.01. The van der Waals surface area contributed by atoms with Crippen molar-refractivity contribution in [3.05, 3.63) is 44.9 Å². The van der Waals surface area contributed by atoms with Gasteiger partial charge in [-0.25, -0.2) is 18.1 Å². The van der Waals surface area contributed by atoms with Crippen molar-refractivity contribution in [3.8, 4) is 0 Å². The van der Waals surface area contributed by atoms with Gasteiger partial charge >= 0.3 is 0 Å². The number of thiazole rings is 1. The van der Waals surface area contributed by atoms with Gasteiger partial charge in [0.05, 0.1) is 11.4 Å². The van der Waals surface area contributed by atoms with Crippen molar-refractivity contribution in [1.82, 2.24) is 9.71 Å². The Morgan fingerprint density at radius 3 is 2.57 bits per heavy atom. The third-order valence-corrected chi connectivity index (χ3v) is 5.73. The van der Waals surface area contributed by atoms with Gasteiger partial charge in [-0.15, -0.1) is 11.3 Å². The third kappa shape index (κ3) is 3.68. The van der Waals surface area contributed by atoms with Crippen molar-refractivity contribution < 1.29 is 8.42 Å². The van der Waals surface area contributed by atoms with Crippen LogP contribution in [0.4, 0.5) is 0 Å². The highest BCUT2D eigenvalue weighted by Crippen LogP contribution is 2.21. The Morgan fingerprint density at radius 1 is 1.29 bits per heavy atom. The number of benzene rings is 1. The molecule has 21 heavy (non-hydrogen) atoms. The van der Waals surface area contributed by atoms with E-state index in [2.05, 4.69) is 9.71 Å². The zero-order valence-corrected chi connectivity index (χ0v) is 13.9. The number of nitrogens with one attached hydrogen (secondary N) is 1. The highest BCUT2D eigenvalue weighted by atomic mass is 32.2. The summed E-state index contributed by atoms with van der Waals surface area (Å²) in [5, 5.41) is 0.750. The first-order chi connectivity index (χ1) is 9.83. The van der Waals surface area contributed by atoms with Gasteiger partial charge in [-0.1, -0.05) is 6.07 Å². The zero-order chi connectivity index (χ0) is 15.6. The average molecular weight is 325 g/mol. The first-order valence-corrected chi connectivity index (χ1v) is 8.84. The molecule has 7 heteroatoms. The van der Waals surface area contributed by atoms with Crippen LogP contribution < -0.4 is 10.5 Å². The van der Waals surface area contributed by atoms with E-state index in [9.17, 15) is 8.42 Å². The van der Waals surface area contributed by atoms with E-state index in [1.807, 2.05) is 19.9 Å². The van der Waals surface area contributed by atoms with Gasteiger partial charge in [-0.2, -0.15) is 0 Å². The lowest BCUT2D eigenvalue weighted by Gasteiger charge is -2.12. The molecule has 2 aromatic rings. The fourth-order valence-corrected chi connectivity index (χ4v) is 4.18. The molecule has 3 N–H and O–H groups in total. The number of hydrogen-bond acceptors (Lipinski definition) is 5. The Balaban J connectivity index is 2.29. The first kappa shape index (κ1) is 16.1.